The fourth-order valence-electron chi connectivity index (χ4n) is 2.80. The van der Waals surface area contributed by atoms with E-state index in [0.717, 1.165) is 5.56 Å². The lowest BCUT2D eigenvalue weighted by atomic mass is 10.0. The number of nitrogens with one attached hydrogen (secondary N) is 1. The molecule has 2 aromatic carbocycles. The third-order valence-corrected chi connectivity index (χ3v) is 4.67. The molecule has 1 atom stereocenters. The van der Waals surface area contributed by atoms with Crippen LogP contribution in [0.15, 0.2) is 48.5 Å². The van der Waals surface area contributed by atoms with Crippen molar-refractivity contribution in [2.45, 2.75) is 32.9 Å². The number of carbonyl (C=O) groups excluding carboxylic acids is 2. The van der Waals surface area contributed by atoms with E-state index in [2.05, 4.69) is 5.32 Å². The fourth-order valence-corrected chi connectivity index (χ4v) is 3.30. The summed E-state index contributed by atoms with van der Waals surface area (Å²) in [4.78, 5) is 27.2. The number of likely N-dealkylation sites (N-methyl/N-ethyl adjacent to an activating group) is 1. The van der Waals surface area contributed by atoms with Crippen molar-refractivity contribution in [1.29, 1.82) is 0 Å². The van der Waals surface area contributed by atoms with E-state index >= 15 is 0 Å². The zero-order valence-electron chi connectivity index (χ0n) is 15.7. The van der Waals surface area contributed by atoms with Crippen LogP contribution in [0, 0.1) is 5.92 Å². The minimum Gasteiger partial charge on any atom is -0.340 e. The lowest BCUT2D eigenvalue weighted by Gasteiger charge is -2.26. The molecule has 0 aliphatic carbocycles. The average molecular weight is 407 g/mol. The lowest BCUT2D eigenvalue weighted by molar-refractivity contribution is -0.132. The highest BCUT2D eigenvalue weighted by Crippen LogP contribution is 2.21. The molecule has 0 aliphatic rings. The Morgan fingerprint density at radius 3 is 2.33 bits per heavy atom. The van der Waals surface area contributed by atoms with Crippen molar-refractivity contribution in [2.24, 2.45) is 5.92 Å². The highest BCUT2D eigenvalue weighted by atomic mass is 35.5. The molecule has 6 heteroatoms. The van der Waals surface area contributed by atoms with Gasteiger partial charge < -0.3 is 10.2 Å². The van der Waals surface area contributed by atoms with Crippen molar-refractivity contribution in [3.63, 3.8) is 0 Å². The summed E-state index contributed by atoms with van der Waals surface area (Å²) in [5, 5.41) is 3.54. The molecule has 0 aliphatic heterocycles. The zero-order chi connectivity index (χ0) is 20.0. The molecule has 0 saturated heterocycles. The van der Waals surface area contributed by atoms with Gasteiger partial charge in [0.1, 0.15) is 6.04 Å². The molecule has 2 amide bonds. The van der Waals surface area contributed by atoms with E-state index in [1.807, 2.05) is 44.2 Å². The van der Waals surface area contributed by atoms with E-state index < -0.39 is 6.04 Å². The first-order chi connectivity index (χ1) is 12.8. The molecule has 0 fully saturated rings. The van der Waals surface area contributed by atoms with Crippen LogP contribution in [0.1, 0.15) is 36.2 Å². The van der Waals surface area contributed by atoms with E-state index in [4.69, 9.17) is 23.2 Å². The number of amides is 2. The van der Waals surface area contributed by atoms with Crippen molar-refractivity contribution < 1.29 is 9.59 Å². The monoisotopic (exact) mass is 406 g/mol. The lowest BCUT2D eigenvalue weighted by Crippen LogP contribution is -2.47. The van der Waals surface area contributed by atoms with Crippen molar-refractivity contribution >= 4 is 35.0 Å². The van der Waals surface area contributed by atoms with Crippen LogP contribution >= 0.6 is 23.2 Å². The molecular weight excluding hydrogens is 383 g/mol. The van der Waals surface area contributed by atoms with Gasteiger partial charge in [0.15, 0.2) is 0 Å². The quantitative estimate of drug-likeness (QED) is 0.717. The van der Waals surface area contributed by atoms with Gasteiger partial charge in [0.2, 0.25) is 5.91 Å². The Hall–Kier alpha value is -2.04. The predicted octanol–water partition coefficient (Wildman–Crippen LogP) is 4.80. The molecule has 2 rings (SSSR count). The van der Waals surface area contributed by atoms with Crippen LogP contribution in [-0.2, 0) is 11.3 Å². The van der Waals surface area contributed by atoms with Gasteiger partial charge in [0, 0.05) is 18.6 Å². The van der Waals surface area contributed by atoms with Crippen LogP contribution in [0.5, 0.6) is 0 Å². The molecule has 0 spiro atoms. The second-order valence-corrected chi connectivity index (χ2v) is 7.80. The topological polar surface area (TPSA) is 49.4 Å². The number of carbonyl (C=O) groups is 2. The maximum Gasteiger partial charge on any atom is 0.253 e. The molecule has 0 saturated carbocycles. The second kappa shape index (κ2) is 9.77. The van der Waals surface area contributed by atoms with Crippen LogP contribution in [-0.4, -0.2) is 29.8 Å². The first kappa shape index (κ1) is 21.3. The number of rotatable bonds is 7. The van der Waals surface area contributed by atoms with Gasteiger partial charge in [-0.25, -0.2) is 0 Å². The van der Waals surface area contributed by atoms with Gasteiger partial charge in [-0.1, -0.05) is 67.4 Å². The number of nitrogens with zero attached hydrogens (tertiary/aromatic N) is 1. The summed E-state index contributed by atoms with van der Waals surface area (Å²) < 4.78 is 0. The van der Waals surface area contributed by atoms with Gasteiger partial charge in [0.05, 0.1) is 10.6 Å². The van der Waals surface area contributed by atoms with Gasteiger partial charge in [-0.3, -0.25) is 9.59 Å². The van der Waals surface area contributed by atoms with Crippen LogP contribution in [0.25, 0.3) is 0 Å². The van der Waals surface area contributed by atoms with Gasteiger partial charge in [-0.15, -0.1) is 0 Å². The standard InChI is InChI=1S/C21H24Cl2N2O2/c1-14(2)11-19(21(27)25(3)13-15-7-5-4-6-8-15)24-20(26)17-10-9-16(22)12-18(17)23/h4-10,12,14,19H,11,13H2,1-3H3,(H,24,26). The van der Waals surface area contributed by atoms with E-state index in [1.54, 1.807) is 24.1 Å². The Labute approximate surface area is 170 Å². The molecular formula is C21H24Cl2N2O2. The van der Waals surface area contributed by atoms with E-state index in [1.165, 1.54) is 6.07 Å². The van der Waals surface area contributed by atoms with Gasteiger partial charge in [0.25, 0.3) is 5.91 Å². The van der Waals surface area contributed by atoms with Crippen molar-refractivity contribution in [2.75, 3.05) is 7.05 Å². The van der Waals surface area contributed by atoms with Crippen LogP contribution in [0.3, 0.4) is 0 Å². The second-order valence-electron chi connectivity index (χ2n) is 6.96. The maximum atomic E-state index is 12.9. The third kappa shape index (κ3) is 6.26. The summed E-state index contributed by atoms with van der Waals surface area (Å²) in [5.41, 5.74) is 1.33. The molecule has 4 nitrogen and oxygen atoms in total. The van der Waals surface area contributed by atoms with Crippen LogP contribution in [0.4, 0.5) is 0 Å². The normalized spacial score (nSPS) is 11.9. The van der Waals surface area contributed by atoms with E-state index in [0.29, 0.717) is 23.6 Å². The molecule has 0 heterocycles. The molecule has 0 aromatic heterocycles. The summed E-state index contributed by atoms with van der Waals surface area (Å²) in [7, 11) is 1.74. The first-order valence-corrected chi connectivity index (χ1v) is 9.58. The first-order valence-electron chi connectivity index (χ1n) is 8.82. The predicted molar refractivity (Wildman–Crippen MR) is 110 cm³/mol. The molecule has 1 N–H and O–H groups in total. The van der Waals surface area contributed by atoms with E-state index in [-0.39, 0.29) is 22.8 Å². The average Bonchev–Trinajstić information content (AvgIpc) is 2.60. The summed E-state index contributed by atoms with van der Waals surface area (Å²) >= 11 is 12.0. The molecule has 2 aromatic rings. The zero-order valence-corrected chi connectivity index (χ0v) is 17.2. The molecule has 144 valence electrons. The van der Waals surface area contributed by atoms with Crippen molar-refractivity contribution in [3.05, 3.63) is 69.7 Å². The SMILES string of the molecule is CC(C)CC(NC(=O)c1ccc(Cl)cc1Cl)C(=O)N(C)Cc1ccccc1. The Balaban J connectivity index is 2.13. The van der Waals surface area contributed by atoms with Gasteiger partial charge in [-0.2, -0.15) is 0 Å². The van der Waals surface area contributed by atoms with Gasteiger partial charge in [-0.05, 0) is 36.1 Å². The number of hydrogen-bond acceptors (Lipinski definition) is 2. The molecule has 27 heavy (non-hydrogen) atoms. The maximum absolute atomic E-state index is 12.9. The smallest absolute Gasteiger partial charge is 0.253 e. The molecule has 1 unspecified atom stereocenters. The summed E-state index contributed by atoms with van der Waals surface area (Å²) in [6.45, 7) is 4.50. The largest absolute Gasteiger partial charge is 0.340 e. The third-order valence-electron chi connectivity index (χ3n) is 4.13. The molecule has 0 bridgehead atoms. The minimum absolute atomic E-state index is 0.133. The summed E-state index contributed by atoms with van der Waals surface area (Å²) in [6, 6.07) is 13.8. The van der Waals surface area contributed by atoms with E-state index in [9.17, 15) is 9.59 Å². The van der Waals surface area contributed by atoms with Crippen LogP contribution < -0.4 is 5.32 Å². The molecule has 0 radical (unpaired) electrons. The summed E-state index contributed by atoms with van der Waals surface area (Å²) in [6.07, 6.45) is 0.537. The van der Waals surface area contributed by atoms with Gasteiger partial charge >= 0.3 is 0 Å². The minimum atomic E-state index is -0.627. The Morgan fingerprint density at radius 2 is 1.74 bits per heavy atom. The Bertz CT molecular complexity index is 794. The van der Waals surface area contributed by atoms with Crippen molar-refractivity contribution in [1.82, 2.24) is 10.2 Å². The fraction of sp³-hybridized carbons (Fsp3) is 0.333. The number of halogens is 2. The highest BCUT2D eigenvalue weighted by Gasteiger charge is 2.26. The highest BCUT2D eigenvalue weighted by molar-refractivity contribution is 6.36. The number of hydrogen-bond donors (Lipinski definition) is 1. The summed E-state index contributed by atoms with van der Waals surface area (Å²) in [5.74, 6) is -0.278. The van der Waals surface area contributed by atoms with Crippen molar-refractivity contribution in [3.8, 4) is 0 Å². The Morgan fingerprint density at radius 1 is 1.07 bits per heavy atom. The number of benzene rings is 2. The van der Waals surface area contributed by atoms with Crippen LogP contribution in [0.2, 0.25) is 10.0 Å². The Kier molecular flexibility index (Phi) is 7.69.